The maximum Gasteiger partial charge on any atom is 0.331 e. The molecular weight excluding hydrogens is 364 g/mol. The molecule has 0 amide bonds. The lowest BCUT2D eigenvalue weighted by atomic mass is 10.2. The first-order valence-electron chi connectivity index (χ1n) is 7.11. The first-order valence-corrected chi connectivity index (χ1v) is 7.90. The zero-order valence-corrected chi connectivity index (χ0v) is 14.1. The number of halogens is 1. The van der Waals surface area contributed by atoms with E-state index >= 15 is 0 Å². The molecule has 1 aromatic heterocycles. The molecule has 120 valence electrons. The second-order valence-corrected chi connectivity index (χ2v) is 5.83. The summed E-state index contributed by atoms with van der Waals surface area (Å²) in [6, 6.07) is 7.25. The van der Waals surface area contributed by atoms with Crippen LogP contribution in [0.2, 0.25) is 0 Å². The maximum atomic E-state index is 11.8. The number of rotatable bonds is 4. The zero-order chi connectivity index (χ0) is 16.2. The van der Waals surface area contributed by atoms with Crippen LogP contribution in [0.15, 0.2) is 39.2 Å². The predicted molar refractivity (Wildman–Crippen MR) is 87.4 cm³/mol. The topological polar surface area (TPSA) is 57.9 Å². The molecule has 0 saturated carbocycles. The van der Waals surface area contributed by atoms with Crippen molar-refractivity contribution in [2.45, 2.75) is 13.5 Å². The highest BCUT2D eigenvalue weighted by Crippen LogP contribution is 2.35. The first kappa shape index (κ1) is 15.7. The van der Waals surface area contributed by atoms with Crippen molar-refractivity contribution in [2.75, 3.05) is 13.2 Å². The van der Waals surface area contributed by atoms with Gasteiger partial charge in [-0.2, -0.15) is 0 Å². The highest BCUT2D eigenvalue weighted by molar-refractivity contribution is 9.10. The van der Waals surface area contributed by atoms with Gasteiger partial charge in [0, 0.05) is 16.1 Å². The molecule has 0 atom stereocenters. The summed E-state index contributed by atoms with van der Waals surface area (Å²) in [5.41, 5.74) is 0.810. The largest absolute Gasteiger partial charge is 0.486 e. The van der Waals surface area contributed by atoms with Gasteiger partial charge in [0.1, 0.15) is 31.3 Å². The number of hydrogen-bond donors (Lipinski definition) is 0. The van der Waals surface area contributed by atoms with Crippen LogP contribution in [0.25, 0.3) is 6.08 Å². The minimum Gasteiger partial charge on any atom is -0.486 e. The molecule has 0 unspecified atom stereocenters. The summed E-state index contributed by atoms with van der Waals surface area (Å²) in [6.45, 7) is 3.02. The summed E-state index contributed by atoms with van der Waals surface area (Å²) < 4.78 is 22.4. The van der Waals surface area contributed by atoms with Crippen LogP contribution in [0.4, 0.5) is 0 Å². The second kappa shape index (κ2) is 6.91. The third kappa shape index (κ3) is 3.96. The number of carbonyl (C=O) groups is 1. The zero-order valence-electron chi connectivity index (χ0n) is 12.5. The summed E-state index contributed by atoms with van der Waals surface area (Å²) in [7, 11) is 0. The van der Waals surface area contributed by atoms with Gasteiger partial charge in [0.2, 0.25) is 0 Å². The van der Waals surface area contributed by atoms with Gasteiger partial charge in [-0.3, -0.25) is 0 Å². The molecule has 1 aliphatic rings. The molecule has 0 saturated heterocycles. The third-order valence-electron chi connectivity index (χ3n) is 3.23. The van der Waals surface area contributed by atoms with Gasteiger partial charge in [0.05, 0.1) is 0 Å². The molecule has 0 bridgehead atoms. The first-order chi connectivity index (χ1) is 11.1. The van der Waals surface area contributed by atoms with E-state index in [-0.39, 0.29) is 6.61 Å². The standard InChI is InChI=1S/C17H15BrO5/c1-11-2-3-13(23-11)4-5-17(19)22-10-12-8-15-16(9-14(12)18)21-7-6-20-15/h2-5,8-9H,6-7,10H2,1H3. The fourth-order valence-corrected chi connectivity index (χ4v) is 2.54. The monoisotopic (exact) mass is 378 g/mol. The molecule has 0 fully saturated rings. The lowest BCUT2D eigenvalue weighted by Gasteiger charge is -2.19. The van der Waals surface area contributed by atoms with Crippen LogP contribution in [-0.2, 0) is 16.1 Å². The van der Waals surface area contributed by atoms with Crippen molar-refractivity contribution in [3.8, 4) is 11.5 Å². The molecule has 1 aromatic carbocycles. The number of carbonyl (C=O) groups excluding carboxylic acids is 1. The van der Waals surface area contributed by atoms with Gasteiger partial charge in [-0.05, 0) is 37.3 Å². The van der Waals surface area contributed by atoms with Gasteiger partial charge in [0.15, 0.2) is 11.5 Å². The average molecular weight is 379 g/mol. The highest BCUT2D eigenvalue weighted by atomic mass is 79.9. The van der Waals surface area contributed by atoms with E-state index in [1.54, 1.807) is 12.1 Å². The van der Waals surface area contributed by atoms with Gasteiger partial charge in [-0.25, -0.2) is 4.79 Å². The van der Waals surface area contributed by atoms with Crippen LogP contribution in [0.3, 0.4) is 0 Å². The molecular formula is C17H15BrO5. The Balaban J connectivity index is 1.61. The van der Waals surface area contributed by atoms with E-state index in [4.69, 9.17) is 18.6 Å². The summed E-state index contributed by atoms with van der Waals surface area (Å²) in [6.07, 6.45) is 2.92. The molecule has 23 heavy (non-hydrogen) atoms. The van der Waals surface area contributed by atoms with Crippen molar-refractivity contribution in [1.82, 2.24) is 0 Å². The summed E-state index contributed by atoms with van der Waals surface area (Å²) in [5, 5.41) is 0. The Labute approximate surface area is 142 Å². The average Bonchev–Trinajstić information content (AvgIpc) is 2.96. The smallest absolute Gasteiger partial charge is 0.331 e. The molecule has 0 radical (unpaired) electrons. The Morgan fingerprint density at radius 2 is 2.00 bits per heavy atom. The molecule has 0 aliphatic carbocycles. The van der Waals surface area contributed by atoms with Gasteiger partial charge in [-0.1, -0.05) is 15.9 Å². The normalized spacial score (nSPS) is 13.3. The van der Waals surface area contributed by atoms with Crippen molar-refractivity contribution in [3.05, 3.63) is 51.9 Å². The van der Waals surface area contributed by atoms with E-state index in [9.17, 15) is 4.79 Å². The van der Waals surface area contributed by atoms with Gasteiger partial charge >= 0.3 is 5.97 Å². The Morgan fingerprint density at radius 3 is 2.70 bits per heavy atom. The predicted octanol–water partition coefficient (Wildman–Crippen LogP) is 3.88. The lowest BCUT2D eigenvalue weighted by molar-refractivity contribution is -0.138. The van der Waals surface area contributed by atoms with Crippen molar-refractivity contribution in [2.24, 2.45) is 0 Å². The number of esters is 1. The number of ether oxygens (including phenoxy) is 3. The van der Waals surface area contributed by atoms with Crippen molar-refractivity contribution >= 4 is 28.0 Å². The van der Waals surface area contributed by atoms with Crippen molar-refractivity contribution in [3.63, 3.8) is 0 Å². The quantitative estimate of drug-likeness (QED) is 0.596. The second-order valence-electron chi connectivity index (χ2n) is 4.98. The molecule has 1 aliphatic heterocycles. The van der Waals surface area contributed by atoms with Crippen LogP contribution in [0.5, 0.6) is 11.5 Å². The number of benzene rings is 1. The Kier molecular flexibility index (Phi) is 4.71. The Hall–Kier alpha value is -2.21. The molecule has 3 rings (SSSR count). The summed E-state index contributed by atoms with van der Waals surface area (Å²) in [5.74, 6) is 2.30. The van der Waals surface area contributed by atoms with Crippen molar-refractivity contribution in [1.29, 1.82) is 0 Å². The molecule has 6 heteroatoms. The maximum absolute atomic E-state index is 11.8. The molecule has 5 nitrogen and oxygen atoms in total. The van der Waals surface area contributed by atoms with Gasteiger partial charge < -0.3 is 18.6 Å². The minimum atomic E-state index is -0.444. The summed E-state index contributed by atoms with van der Waals surface area (Å²) in [4.78, 5) is 11.8. The van der Waals surface area contributed by atoms with Gasteiger partial charge in [-0.15, -0.1) is 0 Å². The lowest BCUT2D eigenvalue weighted by Crippen LogP contribution is -2.15. The molecule has 0 N–H and O–H groups in total. The van der Waals surface area contributed by atoms with E-state index in [2.05, 4.69) is 15.9 Å². The van der Waals surface area contributed by atoms with E-state index in [1.807, 2.05) is 25.1 Å². The molecule has 2 heterocycles. The third-order valence-corrected chi connectivity index (χ3v) is 3.96. The molecule has 0 spiro atoms. The van der Waals surface area contributed by atoms with E-state index in [0.29, 0.717) is 30.5 Å². The Morgan fingerprint density at radius 1 is 1.26 bits per heavy atom. The fraction of sp³-hybridized carbons (Fsp3) is 0.235. The SMILES string of the molecule is Cc1ccc(C=CC(=O)OCc2cc3c(cc2Br)OCCO3)o1. The van der Waals surface area contributed by atoms with Crippen molar-refractivity contribution < 1.29 is 23.4 Å². The van der Waals surface area contributed by atoms with Crippen LogP contribution in [-0.4, -0.2) is 19.2 Å². The molecule has 2 aromatic rings. The number of fused-ring (bicyclic) bond motifs is 1. The van der Waals surface area contributed by atoms with Crippen LogP contribution >= 0.6 is 15.9 Å². The summed E-state index contributed by atoms with van der Waals surface area (Å²) >= 11 is 3.44. The minimum absolute atomic E-state index is 0.136. The van der Waals surface area contributed by atoms with E-state index < -0.39 is 5.97 Å². The Bertz CT molecular complexity index is 747. The van der Waals surface area contributed by atoms with E-state index in [1.165, 1.54) is 6.08 Å². The van der Waals surface area contributed by atoms with E-state index in [0.717, 1.165) is 15.8 Å². The number of hydrogen-bond acceptors (Lipinski definition) is 5. The highest BCUT2D eigenvalue weighted by Gasteiger charge is 2.15. The number of furan rings is 1. The fourth-order valence-electron chi connectivity index (χ4n) is 2.11. The van der Waals surface area contributed by atoms with Crippen LogP contribution in [0.1, 0.15) is 17.1 Å². The van der Waals surface area contributed by atoms with Crippen LogP contribution in [0, 0.1) is 6.92 Å². The van der Waals surface area contributed by atoms with Gasteiger partial charge in [0.25, 0.3) is 0 Å². The van der Waals surface area contributed by atoms with Crippen LogP contribution < -0.4 is 9.47 Å². The number of aryl methyl sites for hydroxylation is 1.